The van der Waals surface area contributed by atoms with Crippen LogP contribution >= 0.6 is 0 Å². The van der Waals surface area contributed by atoms with Gasteiger partial charge in [-0.1, -0.05) is 6.07 Å². The van der Waals surface area contributed by atoms with Gasteiger partial charge in [0.25, 0.3) is 0 Å². The molecular formula is C28H36F3N5O5. The van der Waals surface area contributed by atoms with Crippen molar-refractivity contribution in [1.82, 2.24) is 19.4 Å². The minimum Gasteiger partial charge on any atom is -0.493 e. The Balaban J connectivity index is 1.45. The molecule has 3 unspecified atom stereocenters. The first-order chi connectivity index (χ1) is 19.6. The zero-order valence-corrected chi connectivity index (χ0v) is 23.0. The van der Waals surface area contributed by atoms with E-state index in [1.165, 1.54) is 0 Å². The minimum absolute atomic E-state index is 0.0364. The van der Waals surface area contributed by atoms with E-state index in [4.69, 9.17) is 9.47 Å². The molecule has 1 saturated heterocycles. The Morgan fingerprint density at radius 2 is 2.05 bits per heavy atom. The summed E-state index contributed by atoms with van der Waals surface area (Å²) in [4.78, 5) is 32.7. The molecule has 0 bridgehead atoms. The van der Waals surface area contributed by atoms with Crippen LogP contribution in [0.25, 0.3) is 0 Å². The number of imidazole rings is 1. The number of benzene rings is 1. The van der Waals surface area contributed by atoms with E-state index in [0.717, 1.165) is 36.1 Å². The number of aromatic nitrogens is 2. The van der Waals surface area contributed by atoms with Gasteiger partial charge in [0.1, 0.15) is 12.3 Å². The molecule has 0 aliphatic carbocycles. The first-order valence-electron chi connectivity index (χ1n) is 14.1. The third-order valence-corrected chi connectivity index (χ3v) is 8.03. The van der Waals surface area contributed by atoms with Crippen molar-refractivity contribution in [2.75, 3.05) is 51.3 Å². The quantitative estimate of drug-likeness (QED) is 0.467. The number of carboxylic acids is 1. The standard InChI is InChI=1S/C28H36F3N5O5/c1-18(34-8-11-40-12-9-34)25-23-15-22(41-10-5-21-16-35-7-2-6-32-27(35)33-21)4-3-19(23)13-20(14-24(37)38)26(39)36(25)17-28(29,30)31/h3-4,15-16,18,20,25H,2,5-14,17H2,1H3,(H,32,33)(H,37,38). The number of fused-ring (bicyclic) bond motifs is 2. The lowest BCUT2D eigenvalue weighted by molar-refractivity contribution is -0.172. The third kappa shape index (κ3) is 6.95. The summed E-state index contributed by atoms with van der Waals surface area (Å²) in [6.07, 6.45) is -1.61. The highest BCUT2D eigenvalue weighted by atomic mass is 19.4. The van der Waals surface area contributed by atoms with E-state index < -0.39 is 49.0 Å². The molecule has 224 valence electrons. The van der Waals surface area contributed by atoms with Crippen LogP contribution in [0.4, 0.5) is 19.1 Å². The molecular weight excluding hydrogens is 543 g/mol. The van der Waals surface area contributed by atoms with E-state index in [1.807, 2.05) is 18.0 Å². The number of nitrogens with one attached hydrogen (secondary N) is 1. The van der Waals surface area contributed by atoms with Gasteiger partial charge in [0.15, 0.2) is 0 Å². The van der Waals surface area contributed by atoms with E-state index in [1.54, 1.807) is 18.2 Å². The highest BCUT2D eigenvalue weighted by Crippen LogP contribution is 2.40. The van der Waals surface area contributed by atoms with Crippen molar-refractivity contribution in [1.29, 1.82) is 0 Å². The molecule has 2 aromatic rings. The van der Waals surface area contributed by atoms with Gasteiger partial charge in [-0.15, -0.1) is 0 Å². The number of aryl methyl sites for hydroxylation is 1. The van der Waals surface area contributed by atoms with Crippen LogP contribution in [0.1, 0.15) is 42.6 Å². The largest absolute Gasteiger partial charge is 0.493 e. The topological polar surface area (TPSA) is 109 Å². The van der Waals surface area contributed by atoms with Gasteiger partial charge in [0.05, 0.1) is 43.9 Å². The average Bonchev–Trinajstić information content (AvgIpc) is 3.31. The van der Waals surface area contributed by atoms with Crippen molar-refractivity contribution in [2.24, 2.45) is 5.92 Å². The zero-order valence-electron chi connectivity index (χ0n) is 23.0. The van der Waals surface area contributed by atoms with Crippen LogP contribution in [0.15, 0.2) is 24.4 Å². The zero-order chi connectivity index (χ0) is 29.1. The van der Waals surface area contributed by atoms with Gasteiger partial charge >= 0.3 is 12.1 Å². The van der Waals surface area contributed by atoms with Gasteiger partial charge in [-0.25, -0.2) is 4.98 Å². The molecule has 0 radical (unpaired) electrons. The molecule has 13 heteroatoms. The molecule has 0 saturated carbocycles. The first-order valence-corrected chi connectivity index (χ1v) is 14.1. The number of aliphatic carboxylic acids is 1. The number of hydrogen-bond donors (Lipinski definition) is 2. The number of ether oxygens (including phenoxy) is 2. The fraction of sp³-hybridized carbons (Fsp3) is 0.607. The Kier molecular flexibility index (Phi) is 8.74. The number of rotatable bonds is 9. The Labute approximate surface area is 236 Å². The number of morpholine rings is 1. The average molecular weight is 580 g/mol. The molecule has 10 nitrogen and oxygen atoms in total. The van der Waals surface area contributed by atoms with E-state index in [-0.39, 0.29) is 6.42 Å². The van der Waals surface area contributed by atoms with Crippen LogP contribution in [-0.2, 0) is 33.7 Å². The number of alkyl halides is 3. The lowest BCUT2D eigenvalue weighted by Crippen LogP contribution is -2.52. The normalized spacial score (nSPS) is 22.3. The maximum atomic E-state index is 13.9. The molecule has 41 heavy (non-hydrogen) atoms. The molecule has 4 heterocycles. The maximum absolute atomic E-state index is 13.9. The van der Waals surface area contributed by atoms with E-state index in [0.29, 0.717) is 56.2 Å². The van der Waals surface area contributed by atoms with Crippen molar-refractivity contribution in [3.05, 3.63) is 41.2 Å². The molecule has 3 atom stereocenters. The number of carbonyl (C=O) groups excluding carboxylic acids is 1. The molecule has 1 amide bonds. The summed E-state index contributed by atoms with van der Waals surface area (Å²) in [5.41, 5.74) is 2.08. The SMILES string of the molecule is CC(C1c2cc(OCCc3cn4c(n3)NCCC4)ccc2CC(CC(=O)O)C(=O)N1CC(F)(F)F)N1CCOCC1. The monoisotopic (exact) mass is 579 g/mol. The van der Waals surface area contributed by atoms with Gasteiger partial charge in [-0.2, -0.15) is 13.2 Å². The summed E-state index contributed by atoms with van der Waals surface area (Å²) in [7, 11) is 0. The molecule has 2 N–H and O–H groups in total. The summed E-state index contributed by atoms with van der Waals surface area (Å²) in [6.45, 7) is 4.35. The lowest BCUT2D eigenvalue weighted by atomic mass is 9.90. The summed E-state index contributed by atoms with van der Waals surface area (Å²) in [5, 5.41) is 12.7. The number of carbonyl (C=O) groups is 2. The molecule has 1 aromatic carbocycles. The van der Waals surface area contributed by atoms with Crippen molar-refractivity contribution >= 4 is 17.8 Å². The Hall–Kier alpha value is -3.32. The summed E-state index contributed by atoms with van der Waals surface area (Å²) in [5.74, 6) is -1.83. The van der Waals surface area contributed by atoms with Gasteiger partial charge in [0.2, 0.25) is 11.9 Å². The number of amides is 1. The number of hydrogen-bond acceptors (Lipinski definition) is 7. The molecule has 5 rings (SSSR count). The Morgan fingerprint density at radius 3 is 2.76 bits per heavy atom. The smallest absolute Gasteiger partial charge is 0.406 e. The minimum atomic E-state index is -4.66. The van der Waals surface area contributed by atoms with Crippen LogP contribution in [0.3, 0.4) is 0 Å². The molecule has 0 spiro atoms. The van der Waals surface area contributed by atoms with Crippen molar-refractivity contribution in [2.45, 2.75) is 57.4 Å². The number of carboxylic acid groups (broad SMARTS) is 1. The second-order valence-corrected chi connectivity index (χ2v) is 10.9. The fourth-order valence-electron chi connectivity index (χ4n) is 6.09. The second kappa shape index (κ2) is 12.3. The highest BCUT2D eigenvalue weighted by Gasteiger charge is 2.45. The van der Waals surface area contributed by atoms with Gasteiger partial charge in [-0.3, -0.25) is 14.5 Å². The predicted molar refractivity (Wildman–Crippen MR) is 143 cm³/mol. The van der Waals surface area contributed by atoms with E-state index >= 15 is 0 Å². The van der Waals surface area contributed by atoms with Crippen LogP contribution in [0.2, 0.25) is 0 Å². The van der Waals surface area contributed by atoms with Crippen LogP contribution in [0, 0.1) is 5.92 Å². The number of nitrogens with zero attached hydrogens (tertiary/aromatic N) is 4. The van der Waals surface area contributed by atoms with Crippen LogP contribution < -0.4 is 10.1 Å². The molecule has 3 aliphatic rings. The Morgan fingerprint density at radius 1 is 1.27 bits per heavy atom. The van der Waals surface area contributed by atoms with Crippen LogP contribution in [0.5, 0.6) is 5.75 Å². The van der Waals surface area contributed by atoms with Gasteiger partial charge in [0, 0.05) is 44.8 Å². The molecule has 3 aliphatic heterocycles. The van der Waals surface area contributed by atoms with E-state index in [2.05, 4.69) is 14.9 Å². The highest BCUT2D eigenvalue weighted by molar-refractivity contribution is 5.85. The predicted octanol–water partition coefficient (Wildman–Crippen LogP) is 3.12. The lowest BCUT2D eigenvalue weighted by Gasteiger charge is -2.42. The van der Waals surface area contributed by atoms with Crippen molar-refractivity contribution in [3.8, 4) is 5.75 Å². The van der Waals surface area contributed by atoms with Crippen molar-refractivity contribution in [3.63, 3.8) is 0 Å². The fourth-order valence-corrected chi connectivity index (χ4v) is 6.09. The summed E-state index contributed by atoms with van der Waals surface area (Å²) < 4.78 is 55.3. The van der Waals surface area contributed by atoms with E-state index in [9.17, 15) is 27.9 Å². The number of halogens is 3. The second-order valence-electron chi connectivity index (χ2n) is 10.9. The van der Waals surface area contributed by atoms with Gasteiger partial charge < -0.3 is 29.4 Å². The van der Waals surface area contributed by atoms with Gasteiger partial charge in [-0.05, 0) is 43.0 Å². The first kappa shape index (κ1) is 29.2. The number of anilines is 1. The maximum Gasteiger partial charge on any atom is 0.406 e. The third-order valence-electron chi connectivity index (χ3n) is 8.03. The van der Waals surface area contributed by atoms with Crippen LogP contribution in [-0.4, -0.2) is 94.6 Å². The van der Waals surface area contributed by atoms with Crippen molar-refractivity contribution < 1.29 is 37.3 Å². The summed E-state index contributed by atoms with van der Waals surface area (Å²) >= 11 is 0. The molecule has 1 aromatic heterocycles. The Bertz CT molecular complexity index is 1220. The summed E-state index contributed by atoms with van der Waals surface area (Å²) in [6, 6.07) is 3.77. The molecule has 1 fully saturated rings.